The molecule has 0 saturated carbocycles. The summed E-state index contributed by atoms with van der Waals surface area (Å²) in [5, 5.41) is 0.550. The predicted molar refractivity (Wildman–Crippen MR) is 76.7 cm³/mol. The summed E-state index contributed by atoms with van der Waals surface area (Å²) >= 11 is 5.95. The second kappa shape index (κ2) is 8.53. The van der Waals surface area contributed by atoms with E-state index in [1.54, 1.807) is 6.07 Å². The van der Waals surface area contributed by atoms with E-state index in [4.69, 9.17) is 23.1 Å². The van der Waals surface area contributed by atoms with Crippen molar-refractivity contribution in [2.45, 2.75) is 33.6 Å². The standard InChI is InChI=1S/C10H12ClN3O.C3H8/c1-6-3-2-4-8(11)7(6)5-9(15)14-10(12)13;1-3-2/h2-4H,5H2,1H3,(H4,12,13,14,15);3H2,1-2H3. The van der Waals surface area contributed by atoms with E-state index in [0.717, 1.165) is 11.1 Å². The van der Waals surface area contributed by atoms with Gasteiger partial charge >= 0.3 is 0 Å². The summed E-state index contributed by atoms with van der Waals surface area (Å²) in [6.07, 6.45) is 1.36. The first-order valence-corrected chi connectivity index (χ1v) is 6.16. The van der Waals surface area contributed by atoms with Gasteiger partial charge in [0.1, 0.15) is 0 Å². The highest BCUT2D eigenvalue weighted by Gasteiger charge is 2.08. The van der Waals surface area contributed by atoms with Crippen LogP contribution in [0, 0.1) is 6.92 Å². The number of halogens is 1. The molecule has 0 atom stereocenters. The molecule has 4 N–H and O–H groups in total. The number of rotatable bonds is 2. The Morgan fingerprint density at radius 3 is 2.33 bits per heavy atom. The number of carbonyl (C=O) groups excluding carboxylic acids is 1. The number of hydrogen-bond acceptors (Lipinski definition) is 1. The Morgan fingerprint density at radius 1 is 1.33 bits per heavy atom. The molecule has 1 aromatic carbocycles. The van der Waals surface area contributed by atoms with Crippen LogP contribution in [-0.2, 0) is 11.2 Å². The molecule has 100 valence electrons. The zero-order valence-electron chi connectivity index (χ0n) is 11.0. The molecule has 0 unspecified atom stereocenters. The molecule has 0 aromatic heterocycles. The van der Waals surface area contributed by atoms with Crippen LogP contribution in [0.5, 0.6) is 0 Å². The molecule has 0 heterocycles. The van der Waals surface area contributed by atoms with Gasteiger partial charge in [0.25, 0.3) is 5.91 Å². The number of guanidine groups is 1. The summed E-state index contributed by atoms with van der Waals surface area (Å²) < 4.78 is 0. The summed E-state index contributed by atoms with van der Waals surface area (Å²) in [4.78, 5) is 14.8. The third kappa shape index (κ3) is 6.25. The van der Waals surface area contributed by atoms with Crippen LogP contribution >= 0.6 is 11.6 Å². The topological polar surface area (TPSA) is 81.5 Å². The van der Waals surface area contributed by atoms with Gasteiger partial charge in [-0.3, -0.25) is 4.79 Å². The fourth-order valence-corrected chi connectivity index (χ4v) is 1.51. The van der Waals surface area contributed by atoms with Crippen LogP contribution in [0.4, 0.5) is 0 Å². The number of nitrogens with two attached hydrogens (primary N) is 2. The molecule has 0 spiro atoms. The molecule has 4 nitrogen and oxygen atoms in total. The van der Waals surface area contributed by atoms with E-state index in [-0.39, 0.29) is 12.4 Å². The van der Waals surface area contributed by atoms with E-state index in [1.807, 2.05) is 19.1 Å². The molecule has 0 aliphatic carbocycles. The van der Waals surface area contributed by atoms with Crippen LogP contribution in [0.25, 0.3) is 0 Å². The second-order valence-electron chi connectivity index (χ2n) is 3.85. The van der Waals surface area contributed by atoms with Gasteiger partial charge in [0.2, 0.25) is 0 Å². The van der Waals surface area contributed by atoms with Crippen molar-refractivity contribution in [3.8, 4) is 0 Å². The fourth-order valence-electron chi connectivity index (χ4n) is 1.23. The number of hydrogen-bond donors (Lipinski definition) is 2. The Morgan fingerprint density at radius 2 is 1.89 bits per heavy atom. The Bertz CT molecular complexity index is 406. The molecule has 0 radical (unpaired) electrons. The third-order valence-electron chi connectivity index (χ3n) is 1.93. The van der Waals surface area contributed by atoms with Crippen LogP contribution < -0.4 is 11.5 Å². The quantitative estimate of drug-likeness (QED) is 0.639. The highest BCUT2D eigenvalue weighted by Crippen LogP contribution is 2.20. The lowest BCUT2D eigenvalue weighted by atomic mass is 10.1. The molecular formula is C13H20ClN3O. The van der Waals surface area contributed by atoms with E-state index in [0.29, 0.717) is 5.02 Å². The minimum atomic E-state index is -0.397. The maximum absolute atomic E-state index is 11.3. The normalized spacial score (nSPS) is 9.11. The fraction of sp³-hybridized carbons (Fsp3) is 0.385. The zero-order chi connectivity index (χ0) is 14.1. The number of nitrogens with zero attached hydrogens (tertiary/aromatic N) is 1. The highest BCUT2D eigenvalue weighted by atomic mass is 35.5. The maximum Gasteiger partial charge on any atom is 0.253 e. The monoisotopic (exact) mass is 269 g/mol. The van der Waals surface area contributed by atoms with Crippen molar-refractivity contribution < 1.29 is 4.79 Å². The van der Waals surface area contributed by atoms with Gasteiger partial charge in [-0.25, -0.2) is 0 Å². The summed E-state index contributed by atoms with van der Waals surface area (Å²) in [7, 11) is 0. The Kier molecular flexibility index (Phi) is 7.79. The molecule has 5 heteroatoms. The smallest absolute Gasteiger partial charge is 0.253 e. The van der Waals surface area contributed by atoms with Crippen LogP contribution in [0.1, 0.15) is 31.4 Å². The van der Waals surface area contributed by atoms with Gasteiger partial charge in [-0.2, -0.15) is 4.99 Å². The van der Waals surface area contributed by atoms with Crippen molar-refractivity contribution >= 4 is 23.5 Å². The van der Waals surface area contributed by atoms with Gasteiger partial charge in [-0.05, 0) is 24.1 Å². The molecule has 0 aliphatic heterocycles. The molecule has 1 aromatic rings. The SMILES string of the molecule is CCC.Cc1cccc(Cl)c1CC(=O)N=C(N)N. The van der Waals surface area contributed by atoms with Crippen molar-refractivity contribution in [2.24, 2.45) is 16.5 Å². The van der Waals surface area contributed by atoms with Crippen molar-refractivity contribution in [1.29, 1.82) is 0 Å². The second-order valence-corrected chi connectivity index (χ2v) is 4.26. The molecule has 1 rings (SSSR count). The van der Waals surface area contributed by atoms with Crippen LogP contribution in [0.3, 0.4) is 0 Å². The van der Waals surface area contributed by atoms with E-state index >= 15 is 0 Å². The van der Waals surface area contributed by atoms with Gasteiger partial charge in [-0.1, -0.05) is 44.0 Å². The minimum Gasteiger partial charge on any atom is -0.370 e. The van der Waals surface area contributed by atoms with Gasteiger partial charge in [0.15, 0.2) is 5.96 Å². The number of aryl methyl sites for hydroxylation is 1. The summed E-state index contributed by atoms with van der Waals surface area (Å²) in [6.45, 7) is 6.13. The first kappa shape index (κ1) is 16.4. The Hall–Kier alpha value is -1.55. The van der Waals surface area contributed by atoms with E-state index < -0.39 is 5.91 Å². The number of amides is 1. The van der Waals surface area contributed by atoms with Crippen molar-refractivity contribution in [3.05, 3.63) is 34.3 Å². The largest absolute Gasteiger partial charge is 0.370 e. The predicted octanol–water partition coefficient (Wildman–Crippen LogP) is 2.41. The minimum absolute atomic E-state index is 0.114. The summed E-state index contributed by atoms with van der Waals surface area (Å²) in [5.41, 5.74) is 11.9. The van der Waals surface area contributed by atoms with E-state index in [2.05, 4.69) is 18.8 Å². The average molecular weight is 270 g/mol. The lowest BCUT2D eigenvalue weighted by Crippen LogP contribution is -2.24. The maximum atomic E-state index is 11.3. The number of benzene rings is 1. The molecule has 0 bridgehead atoms. The summed E-state index contributed by atoms with van der Waals surface area (Å²) in [5.74, 6) is -0.629. The number of carbonyl (C=O) groups is 1. The zero-order valence-corrected chi connectivity index (χ0v) is 11.8. The van der Waals surface area contributed by atoms with Crippen LogP contribution in [-0.4, -0.2) is 11.9 Å². The van der Waals surface area contributed by atoms with Crippen molar-refractivity contribution in [3.63, 3.8) is 0 Å². The Labute approximate surface area is 113 Å². The first-order chi connectivity index (χ1) is 8.42. The molecule has 1 amide bonds. The van der Waals surface area contributed by atoms with Gasteiger partial charge < -0.3 is 11.5 Å². The molecule has 18 heavy (non-hydrogen) atoms. The molecular weight excluding hydrogens is 250 g/mol. The van der Waals surface area contributed by atoms with Crippen LogP contribution in [0.2, 0.25) is 5.02 Å². The molecule has 0 saturated heterocycles. The lowest BCUT2D eigenvalue weighted by molar-refractivity contribution is -0.117. The van der Waals surface area contributed by atoms with Crippen LogP contribution in [0.15, 0.2) is 23.2 Å². The van der Waals surface area contributed by atoms with Gasteiger partial charge in [0.05, 0.1) is 6.42 Å². The van der Waals surface area contributed by atoms with Crippen molar-refractivity contribution in [1.82, 2.24) is 0 Å². The first-order valence-electron chi connectivity index (χ1n) is 5.78. The number of aliphatic imine (C=N–C) groups is 1. The molecule has 0 aliphatic rings. The van der Waals surface area contributed by atoms with Gasteiger partial charge in [-0.15, -0.1) is 0 Å². The molecule has 0 fully saturated rings. The van der Waals surface area contributed by atoms with E-state index in [1.165, 1.54) is 6.42 Å². The lowest BCUT2D eigenvalue weighted by Gasteiger charge is -2.05. The third-order valence-corrected chi connectivity index (χ3v) is 2.29. The van der Waals surface area contributed by atoms with Gasteiger partial charge in [0, 0.05) is 5.02 Å². The Balaban J connectivity index is 0.000000873. The van der Waals surface area contributed by atoms with E-state index in [9.17, 15) is 4.79 Å². The summed E-state index contributed by atoms with van der Waals surface area (Å²) in [6, 6.07) is 5.43. The van der Waals surface area contributed by atoms with Crippen molar-refractivity contribution in [2.75, 3.05) is 0 Å². The highest BCUT2D eigenvalue weighted by molar-refractivity contribution is 6.31. The average Bonchev–Trinajstić information content (AvgIpc) is 2.24.